The molecule has 1 aliphatic heterocycles. The number of aromatic nitrogens is 6. The van der Waals surface area contributed by atoms with Gasteiger partial charge >= 0.3 is 5.97 Å². The number of nitrogens with zero attached hydrogens (tertiary/aromatic N) is 8. The van der Waals surface area contributed by atoms with Crippen LogP contribution in [-0.4, -0.2) is 73.4 Å². The molecule has 0 amide bonds. The van der Waals surface area contributed by atoms with Crippen molar-refractivity contribution >= 4 is 34.2 Å². The van der Waals surface area contributed by atoms with Gasteiger partial charge in [0.25, 0.3) is 0 Å². The van der Waals surface area contributed by atoms with Crippen molar-refractivity contribution in [1.29, 1.82) is 0 Å². The molecular weight excluding hydrogens is 548 g/mol. The van der Waals surface area contributed by atoms with Crippen LogP contribution in [-0.2, 0) is 0 Å². The highest BCUT2D eigenvalue weighted by atomic mass is 32.1. The quantitative estimate of drug-likeness (QED) is 0.257. The van der Waals surface area contributed by atoms with Gasteiger partial charge in [0.05, 0.1) is 5.56 Å². The summed E-state index contributed by atoms with van der Waals surface area (Å²) >= 11 is 1.50. The van der Waals surface area contributed by atoms with E-state index in [1.807, 2.05) is 36.5 Å². The zero-order valence-electron chi connectivity index (χ0n) is 23.5. The van der Waals surface area contributed by atoms with Gasteiger partial charge in [-0.2, -0.15) is 0 Å². The molecule has 1 aliphatic carbocycles. The number of hydrogen-bond acceptors (Lipinski definition) is 10. The van der Waals surface area contributed by atoms with Crippen LogP contribution in [0.3, 0.4) is 0 Å². The molecule has 0 spiro atoms. The fourth-order valence-electron chi connectivity index (χ4n) is 5.87. The minimum atomic E-state index is -0.522. The van der Waals surface area contributed by atoms with Crippen molar-refractivity contribution in [3.8, 4) is 21.1 Å². The molecule has 2 aliphatic rings. The van der Waals surface area contributed by atoms with Crippen LogP contribution in [0.25, 0.3) is 32.2 Å². The minimum absolute atomic E-state index is 0.400. The Morgan fingerprint density at radius 2 is 1.55 bits per heavy atom. The third-order valence-electron chi connectivity index (χ3n) is 8.42. The third-order valence-corrected chi connectivity index (χ3v) is 9.44. The Morgan fingerprint density at radius 1 is 0.833 bits per heavy atom. The summed E-state index contributed by atoms with van der Waals surface area (Å²) in [7, 11) is 0. The van der Waals surface area contributed by atoms with E-state index in [0.717, 1.165) is 69.9 Å². The van der Waals surface area contributed by atoms with Gasteiger partial charge in [-0.15, -0.1) is 15.3 Å². The Balaban J connectivity index is 0.965. The van der Waals surface area contributed by atoms with Crippen molar-refractivity contribution in [3.05, 3.63) is 72.4 Å². The molecule has 2 aromatic carbocycles. The Kier molecular flexibility index (Phi) is 7.35. The zero-order chi connectivity index (χ0) is 28.5. The van der Waals surface area contributed by atoms with E-state index in [1.54, 1.807) is 18.2 Å². The zero-order valence-corrected chi connectivity index (χ0v) is 24.3. The molecular formula is C31H32N8O2S. The van der Waals surface area contributed by atoms with E-state index in [-0.39, 0.29) is 0 Å². The molecule has 0 atom stereocenters. The first-order valence-corrected chi connectivity index (χ1v) is 15.3. The van der Waals surface area contributed by atoms with E-state index in [2.05, 4.69) is 49.4 Å². The van der Waals surface area contributed by atoms with Crippen LogP contribution >= 0.6 is 11.3 Å². The average Bonchev–Trinajstić information content (AvgIpc) is 3.70. The standard InChI is InChI=1S/C31H32N8O2S/c1-21-6-13-25(14-7-21)37-16-18-38(19-17-37)28-15-12-24(20-32-28)30-35-34-29(42-30)22-8-10-23(11-9-22)31(40)41-39-27-5-3-2-4-26(27)33-36-39/h2-5,8-12,15,20-21,25H,6-7,13-14,16-19H2,1H3. The van der Waals surface area contributed by atoms with Crippen LogP contribution in [0.1, 0.15) is 43.0 Å². The lowest BCUT2D eigenvalue weighted by molar-refractivity contribution is 0.0409. The maximum absolute atomic E-state index is 12.7. The van der Waals surface area contributed by atoms with Crippen molar-refractivity contribution in [3.63, 3.8) is 0 Å². The lowest BCUT2D eigenvalue weighted by atomic mass is 9.86. The number of pyridine rings is 1. The summed E-state index contributed by atoms with van der Waals surface area (Å²) in [4.78, 5) is 29.1. The van der Waals surface area contributed by atoms with Gasteiger partial charge in [-0.1, -0.05) is 47.4 Å². The first kappa shape index (κ1) is 26.7. The summed E-state index contributed by atoms with van der Waals surface area (Å²) < 4.78 is 0. The van der Waals surface area contributed by atoms with Gasteiger partial charge < -0.3 is 9.74 Å². The van der Waals surface area contributed by atoms with Crippen LogP contribution < -0.4 is 9.74 Å². The smallest absolute Gasteiger partial charge is 0.354 e. The van der Waals surface area contributed by atoms with E-state index in [4.69, 9.17) is 9.82 Å². The van der Waals surface area contributed by atoms with Crippen LogP contribution in [0, 0.1) is 5.92 Å². The molecule has 4 heterocycles. The van der Waals surface area contributed by atoms with Gasteiger partial charge in [-0.25, -0.2) is 9.78 Å². The van der Waals surface area contributed by atoms with Crippen LogP contribution in [0.15, 0.2) is 66.9 Å². The number of piperazine rings is 1. The molecule has 3 aromatic heterocycles. The van der Waals surface area contributed by atoms with E-state index in [9.17, 15) is 4.79 Å². The monoisotopic (exact) mass is 580 g/mol. The number of anilines is 1. The lowest BCUT2D eigenvalue weighted by Crippen LogP contribution is -2.51. The number of benzene rings is 2. The molecule has 2 fully saturated rings. The van der Waals surface area contributed by atoms with E-state index in [0.29, 0.717) is 16.6 Å². The van der Waals surface area contributed by atoms with Crippen LogP contribution in [0.5, 0.6) is 0 Å². The Labute approximate surface area is 247 Å². The lowest BCUT2D eigenvalue weighted by Gasteiger charge is -2.42. The van der Waals surface area contributed by atoms with Crippen LogP contribution in [0.2, 0.25) is 0 Å². The second-order valence-corrected chi connectivity index (χ2v) is 12.1. The van der Waals surface area contributed by atoms with Crippen molar-refractivity contribution in [1.82, 2.24) is 35.2 Å². The first-order valence-electron chi connectivity index (χ1n) is 14.5. The number of para-hydroxylation sites is 1. The minimum Gasteiger partial charge on any atom is -0.354 e. The highest BCUT2D eigenvalue weighted by molar-refractivity contribution is 7.17. The highest BCUT2D eigenvalue weighted by Gasteiger charge is 2.27. The molecule has 0 unspecified atom stereocenters. The average molecular weight is 581 g/mol. The molecule has 7 rings (SSSR count). The molecule has 42 heavy (non-hydrogen) atoms. The third kappa shape index (κ3) is 5.49. The Bertz CT molecular complexity index is 1670. The van der Waals surface area contributed by atoms with Crippen LogP contribution in [0.4, 0.5) is 5.82 Å². The molecule has 1 saturated carbocycles. The molecule has 0 radical (unpaired) electrons. The molecule has 0 N–H and O–H groups in total. The molecule has 214 valence electrons. The van der Waals surface area contributed by atoms with E-state index < -0.39 is 5.97 Å². The molecule has 5 aromatic rings. The van der Waals surface area contributed by atoms with E-state index >= 15 is 0 Å². The summed E-state index contributed by atoms with van der Waals surface area (Å²) in [6, 6.07) is 19.3. The van der Waals surface area contributed by atoms with Gasteiger partial charge in [0.2, 0.25) is 0 Å². The number of fused-ring (bicyclic) bond motifs is 1. The number of carbonyl (C=O) groups is 1. The summed E-state index contributed by atoms with van der Waals surface area (Å²) in [6.07, 6.45) is 7.31. The first-order chi connectivity index (χ1) is 20.6. The molecule has 10 nitrogen and oxygen atoms in total. The van der Waals surface area contributed by atoms with Gasteiger partial charge in [0, 0.05) is 49.5 Å². The summed E-state index contributed by atoms with van der Waals surface area (Å²) in [6.45, 7) is 6.63. The fourth-order valence-corrected chi connectivity index (χ4v) is 6.71. The predicted octanol–water partition coefficient (Wildman–Crippen LogP) is 4.98. The molecule has 1 saturated heterocycles. The number of carbonyl (C=O) groups excluding carboxylic acids is 1. The molecule has 0 bridgehead atoms. The summed E-state index contributed by atoms with van der Waals surface area (Å²) in [5.74, 6) is 1.38. The molecule has 11 heteroatoms. The van der Waals surface area contributed by atoms with Crippen molar-refractivity contribution in [2.75, 3.05) is 31.1 Å². The topological polar surface area (TPSA) is 102 Å². The van der Waals surface area contributed by atoms with Crippen molar-refractivity contribution < 1.29 is 9.63 Å². The van der Waals surface area contributed by atoms with Gasteiger partial charge in [-0.3, -0.25) is 4.90 Å². The largest absolute Gasteiger partial charge is 0.365 e. The van der Waals surface area contributed by atoms with Gasteiger partial charge in [0.15, 0.2) is 0 Å². The maximum Gasteiger partial charge on any atom is 0.365 e. The highest BCUT2D eigenvalue weighted by Crippen LogP contribution is 2.31. The predicted molar refractivity (Wildman–Crippen MR) is 162 cm³/mol. The maximum atomic E-state index is 12.7. The Morgan fingerprint density at radius 3 is 2.29 bits per heavy atom. The SMILES string of the molecule is CC1CCC(N2CCN(c3ccc(-c4nnc(-c5ccc(C(=O)On6nnc7ccccc76)cc5)s4)cn3)CC2)CC1. The second-order valence-electron chi connectivity index (χ2n) is 11.2. The van der Waals surface area contributed by atoms with Crippen molar-refractivity contribution in [2.45, 2.75) is 38.6 Å². The summed E-state index contributed by atoms with van der Waals surface area (Å²) in [5, 5.41) is 18.3. The summed E-state index contributed by atoms with van der Waals surface area (Å²) in [5.41, 5.74) is 3.49. The van der Waals surface area contributed by atoms with Crippen molar-refractivity contribution in [2.24, 2.45) is 5.92 Å². The Hall–Kier alpha value is -4.22. The van der Waals surface area contributed by atoms with E-state index in [1.165, 1.54) is 37.0 Å². The second kappa shape index (κ2) is 11.6. The normalized spacial score (nSPS) is 19.7. The van der Waals surface area contributed by atoms with Gasteiger partial charge in [-0.05, 0) is 73.2 Å². The number of hydrogen-bond donors (Lipinski definition) is 0. The number of rotatable bonds is 6. The van der Waals surface area contributed by atoms with Gasteiger partial charge in [0.1, 0.15) is 26.9 Å². The fraction of sp³-hybridized carbons (Fsp3) is 0.355.